The van der Waals surface area contributed by atoms with Gasteiger partial charge >= 0.3 is 0 Å². The third-order valence-electron chi connectivity index (χ3n) is 4.27. The lowest BCUT2D eigenvalue weighted by Crippen LogP contribution is -2.48. The average molecular weight is 331 g/mol. The molecule has 1 fully saturated rings. The predicted molar refractivity (Wildman–Crippen MR) is 94.6 cm³/mol. The summed E-state index contributed by atoms with van der Waals surface area (Å²) in [6.45, 7) is 1.43. The first kappa shape index (κ1) is 15.3. The van der Waals surface area contributed by atoms with Crippen LogP contribution in [0, 0.1) is 0 Å². The molecular formula is C19H17N5O. The molecule has 3 aromatic rings. The number of hydrogen-bond acceptors (Lipinski definition) is 5. The molecule has 0 radical (unpaired) electrons. The van der Waals surface area contributed by atoms with E-state index in [4.69, 9.17) is 0 Å². The van der Waals surface area contributed by atoms with Gasteiger partial charge in [0.2, 0.25) is 5.95 Å². The van der Waals surface area contributed by atoms with Gasteiger partial charge in [0.15, 0.2) is 0 Å². The fourth-order valence-electron chi connectivity index (χ4n) is 2.83. The minimum atomic E-state index is -0.0310. The van der Waals surface area contributed by atoms with Crippen molar-refractivity contribution in [3.05, 3.63) is 78.4 Å². The first-order chi connectivity index (χ1) is 12.3. The molecule has 2 aromatic heterocycles. The van der Waals surface area contributed by atoms with Gasteiger partial charge in [0.05, 0.1) is 5.56 Å². The Balaban J connectivity index is 1.37. The first-order valence-corrected chi connectivity index (χ1v) is 8.13. The van der Waals surface area contributed by atoms with Crippen LogP contribution in [-0.4, -0.2) is 38.8 Å². The molecule has 4 rings (SSSR count). The van der Waals surface area contributed by atoms with Crippen LogP contribution in [0.2, 0.25) is 0 Å². The van der Waals surface area contributed by atoms with Gasteiger partial charge in [-0.1, -0.05) is 18.2 Å². The fourth-order valence-corrected chi connectivity index (χ4v) is 2.83. The smallest absolute Gasteiger partial charge is 0.257 e. The number of hydrogen-bond donors (Lipinski definition) is 1. The van der Waals surface area contributed by atoms with Gasteiger partial charge in [-0.05, 0) is 29.8 Å². The second kappa shape index (κ2) is 6.68. The maximum atomic E-state index is 12.5. The molecule has 0 bridgehead atoms. The Kier molecular flexibility index (Phi) is 4.08. The van der Waals surface area contributed by atoms with Crippen LogP contribution in [0.5, 0.6) is 0 Å². The normalized spacial score (nSPS) is 14.0. The van der Waals surface area contributed by atoms with E-state index in [1.807, 2.05) is 47.4 Å². The van der Waals surface area contributed by atoms with Gasteiger partial charge in [-0.15, -0.1) is 0 Å². The average Bonchev–Trinajstić information content (AvgIpc) is 2.63. The number of anilines is 2. The molecule has 1 aromatic carbocycles. The van der Waals surface area contributed by atoms with Crippen LogP contribution in [0.25, 0.3) is 0 Å². The molecule has 25 heavy (non-hydrogen) atoms. The summed E-state index contributed by atoms with van der Waals surface area (Å²) in [5.41, 5.74) is 2.63. The third kappa shape index (κ3) is 3.33. The van der Waals surface area contributed by atoms with Crippen molar-refractivity contribution < 1.29 is 4.79 Å². The molecule has 0 unspecified atom stereocenters. The number of aromatic nitrogens is 3. The maximum absolute atomic E-state index is 12.5. The molecule has 124 valence electrons. The van der Waals surface area contributed by atoms with E-state index < -0.39 is 0 Å². The number of carbonyl (C=O) groups is 1. The first-order valence-electron chi connectivity index (χ1n) is 8.13. The quantitative estimate of drug-likeness (QED) is 0.796. The van der Waals surface area contributed by atoms with E-state index in [1.165, 1.54) is 5.56 Å². The SMILES string of the molecule is O=C(c1cnc(Nc2ccccc2)nc1)N1CC(c2ccncc2)C1. The maximum Gasteiger partial charge on any atom is 0.257 e. The Morgan fingerprint density at radius 3 is 2.36 bits per heavy atom. The summed E-state index contributed by atoms with van der Waals surface area (Å²) < 4.78 is 0. The summed E-state index contributed by atoms with van der Waals surface area (Å²) in [5.74, 6) is 0.824. The standard InChI is InChI=1S/C19H17N5O/c25-18(24-12-16(13-24)14-6-8-20-9-7-14)15-10-21-19(22-11-15)23-17-4-2-1-3-5-17/h1-11,16H,12-13H2,(H,21,22,23). The van der Waals surface area contributed by atoms with Crippen molar-refractivity contribution in [2.45, 2.75) is 5.92 Å². The molecule has 1 amide bonds. The van der Waals surface area contributed by atoms with E-state index in [0.717, 1.165) is 5.69 Å². The summed E-state index contributed by atoms with van der Waals surface area (Å²) in [6.07, 6.45) is 6.71. The lowest BCUT2D eigenvalue weighted by atomic mass is 9.92. The zero-order valence-electron chi connectivity index (χ0n) is 13.5. The van der Waals surface area contributed by atoms with Crippen molar-refractivity contribution >= 4 is 17.5 Å². The van der Waals surface area contributed by atoms with Crippen molar-refractivity contribution in [1.82, 2.24) is 19.9 Å². The number of nitrogens with zero attached hydrogens (tertiary/aromatic N) is 4. The largest absolute Gasteiger partial charge is 0.337 e. The molecular weight excluding hydrogens is 314 g/mol. The van der Waals surface area contributed by atoms with Crippen LogP contribution in [-0.2, 0) is 0 Å². The highest BCUT2D eigenvalue weighted by Gasteiger charge is 2.32. The number of rotatable bonds is 4. The number of amides is 1. The zero-order valence-corrected chi connectivity index (χ0v) is 13.5. The van der Waals surface area contributed by atoms with E-state index in [2.05, 4.69) is 20.3 Å². The Morgan fingerprint density at radius 2 is 1.68 bits per heavy atom. The van der Waals surface area contributed by atoms with Gasteiger partial charge in [0.1, 0.15) is 0 Å². The summed E-state index contributed by atoms with van der Waals surface area (Å²) in [4.78, 5) is 26.8. The molecule has 0 spiro atoms. The van der Waals surface area contributed by atoms with E-state index in [0.29, 0.717) is 30.5 Å². The number of para-hydroxylation sites is 1. The van der Waals surface area contributed by atoms with E-state index in [1.54, 1.807) is 24.8 Å². The third-order valence-corrected chi connectivity index (χ3v) is 4.27. The van der Waals surface area contributed by atoms with Crippen molar-refractivity contribution in [3.63, 3.8) is 0 Å². The summed E-state index contributed by atoms with van der Waals surface area (Å²) >= 11 is 0. The highest BCUT2D eigenvalue weighted by atomic mass is 16.2. The molecule has 0 aliphatic carbocycles. The van der Waals surface area contributed by atoms with Crippen molar-refractivity contribution in [1.29, 1.82) is 0 Å². The monoisotopic (exact) mass is 331 g/mol. The van der Waals surface area contributed by atoms with Crippen LogP contribution in [0.15, 0.2) is 67.3 Å². The highest BCUT2D eigenvalue weighted by molar-refractivity contribution is 5.94. The van der Waals surface area contributed by atoms with Gasteiger partial charge in [0.25, 0.3) is 5.91 Å². The van der Waals surface area contributed by atoms with Gasteiger partial charge in [-0.3, -0.25) is 9.78 Å². The Bertz CT molecular complexity index is 846. The van der Waals surface area contributed by atoms with Gasteiger partial charge < -0.3 is 10.2 Å². The number of carbonyl (C=O) groups excluding carboxylic acids is 1. The molecule has 6 heteroatoms. The Hall–Kier alpha value is -3.28. The predicted octanol–water partition coefficient (Wildman–Crippen LogP) is 2.85. The van der Waals surface area contributed by atoms with Crippen LogP contribution in [0.1, 0.15) is 21.8 Å². The van der Waals surface area contributed by atoms with E-state index >= 15 is 0 Å². The molecule has 1 N–H and O–H groups in total. The van der Waals surface area contributed by atoms with E-state index in [9.17, 15) is 4.79 Å². The van der Waals surface area contributed by atoms with Crippen molar-refractivity contribution in [2.75, 3.05) is 18.4 Å². The second-order valence-corrected chi connectivity index (χ2v) is 5.97. The minimum Gasteiger partial charge on any atom is -0.337 e. The molecule has 0 saturated carbocycles. The van der Waals surface area contributed by atoms with Crippen molar-refractivity contribution in [3.8, 4) is 0 Å². The lowest BCUT2D eigenvalue weighted by molar-refractivity contribution is 0.0601. The second-order valence-electron chi connectivity index (χ2n) is 5.97. The Morgan fingerprint density at radius 1 is 1.00 bits per heavy atom. The molecule has 3 heterocycles. The van der Waals surface area contributed by atoms with Crippen LogP contribution in [0.4, 0.5) is 11.6 Å². The van der Waals surface area contributed by atoms with Gasteiger partial charge in [-0.25, -0.2) is 9.97 Å². The molecule has 1 aliphatic heterocycles. The number of nitrogens with one attached hydrogen (secondary N) is 1. The topological polar surface area (TPSA) is 71.0 Å². The van der Waals surface area contributed by atoms with E-state index in [-0.39, 0.29) is 5.91 Å². The lowest BCUT2D eigenvalue weighted by Gasteiger charge is -2.39. The summed E-state index contributed by atoms with van der Waals surface area (Å²) in [6, 6.07) is 13.7. The number of pyridine rings is 1. The Labute approximate surface area is 145 Å². The summed E-state index contributed by atoms with van der Waals surface area (Å²) in [7, 11) is 0. The molecule has 1 aliphatic rings. The molecule has 1 saturated heterocycles. The van der Waals surface area contributed by atoms with Crippen molar-refractivity contribution in [2.24, 2.45) is 0 Å². The summed E-state index contributed by atoms with van der Waals surface area (Å²) in [5, 5.41) is 3.10. The van der Waals surface area contributed by atoms with Crippen LogP contribution < -0.4 is 5.32 Å². The van der Waals surface area contributed by atoms with Crippen LogP contribution >= 0.6 is 0 Å². The minimum absolute atomic E-state index is 0.0310. The van der Waals surface area contributed by atoms with Crippen LogP contribution in [0.3, 0.4) is 0 Å². The molecule has 0 atom stereocenters. The highest BCUT2D eigenvalue weighted by Crippen LogP contribution is 2.27. The van der Waals surface area contributed by atoms with Gasteiger partial charge in [0, 0.05) is 49.5 Å². The zero-order chi connectivity index (χ0) is 17.1. The fraction of sp³-hybridized carbons (Fsp3) is 0.158. The van der Waals surface area contributed by atoms with Gasteiger partial charge in [-0.2, -0.15) is 0 Å². The number of likely N-dealkylation sites (tertiary alicyclic amines) is 1. The number of benzene rings is 1. The molecule has 6 nitrogen and oxygen atoms in total.